The van der Waals surface area contributed by atoms with Crippen LogP contribution in [-0.2, 0) is 6.54 Å². The van der Waals surface area contributed by atoms with E-state index >= 15 is 0 Å². The summed E-state index contributed by atoms with van der Waals surface area (Å²) in [6.45, 7) is 8.01. The first-order valence-electron chi connectivity index (χ1n) is 11.6. The second-order valence-corrected chi connectivity index (χ2v) is 8.62. The van der Waals surface area contributed by atoms with E-state index in [1.165, 1.54) is 6.20 Å². The molecule has 4 aromatic rings. The first kappa shape index (κ1) is 22.5. The second kappa shape index (κ2) is 9.17. The third-order valence-corrected chi connectivity index (χ3v) is 6.03. The van der Waals surface area contributed by atoms with Gasteiger partial charge in [-0.2, -0.15) is 5.10 Å². The molecule has 0 aliphatic carbocycles. The van der Waals surface area contributed by atoms with Gasteiger partial charge in [0.1, 0.15) is 11.3 Å². The molecule has 1 aliphatic heterocycles. The van der Waals surface area contributed by atoms with Gasteiger partial charge in [-0.25, -0.2) is 4.98 Å². The molecular formula is C26H26N6O3. The number of nitrogens with zero attached hydrogens (tertiary/aromatic N) is 5. The lowest BCUT2D eigenvalue weighted by Gasteiger charge is -2.31. The molecule has 0 spiro atoms. The minimum Gasteiger partial charge on any atom is -0.455 e. The molecule has 1 aliphatic rings. The van der Waals surface area contributed by atoms with Gasteiger partial charge >= 0.3 is 0 Å². The van der Waals surface area contributed by atoms with E-state index in [1.54, 1.807) is 35.1 Å². The number of benzene rings is 2. The molecule has 178 valence electrons. The van der Waals surface area contributed by atoms with Crippen molar-refractivity contribution in [1.29, 1.82) is 0 Å². The van der Waals surface area contributed by atoms with E-state index in [1.807, 2.05) is 37.9 Å². The average molecular weight is 471 g/mol. The van der Waals surface area contributed by atoms with Crippen molar-refractivity contribution < 1.29 is 14.3 Å². The molecule has 0 bridgehead atoms. The predicted molar refractivity (Wildman–Crippen MR) is 132 cm³/mol. The Morgan fingerprint density at radius 2 is 1.91 bits per heavy atom. The molecule has 9 heteroatoms. The van der Waals surface area contributed by atoms with Crippen molar-refractivity contribution in [2.24, 2.45) is 0 Å². The number of carbonyl (C=O) groups excluding carboxylic acids is 2. The van der Waals surface area contributed by atoms with Crippen molar-refractivity contribution in [2.75, 3.05) is 18.4 Å². The number of anilines is 1. The molecule has 1 N–H and O–H groups in total. The third kappa shape index (κ3) is 4.57. The van der Waals surface area contributed by atoms with Gasteiger partial charge in [0.25, 0.3) is 11.8 Å². The fourth-order valence-electron chi connectivity index (χ4n) is 3.93. The first-order valence-corrected chi connectivity index (χ1v) is 11.6. The van der Waals surface area contributed by atoms with Crippen molar-refractivity contribution in [3.05, 3.63) is 71.3 Å². The van der Waals surface area contributed by atoms with E-state index < -0.39 is 0 Å². The zero-order valence-corrected chi connectivity index (χ0v) is 19.9. The molecule has 0 unspecified atom stereocenters. The summed E-state index contributed by atoms with van der Waals surface area (Å²) in [5, 5.41) is 8.17. The van der Waals surface area contributed by atoms with Gasteiger partial charge < -0.3 is 15.0 Å². The highest BCUT2D eigenvalue weighted by atomic mass is 16.5. The molecule has 1 fully saturated rings. The van der Waals surface area contributed by atoms with Crippen LogP contribution < -0.4 is 10.1 Å². The van der Waals surface area contributed by atoms with Crippen LogP contribution in [0.4, 0.5) is 5.82 Å². The van der Waals surface area contributed by atoms with Gasteiger partial charge in [0, 0.05) is 42.3 Å². The van der Waals surface area contributed by atoms with Crippen molar-refractivity contribution in [3.8, 4) is 11.5 Å². The van der Waals surface area contributed by atoms with Crippen LogP contribution in [-0.4, -0.2) is 49.6 Å². The van der Waals surface area contributed by atoms with E-state index in [-0.39, 0.29) is 11.8 Å². The zero-order chi connectivity index (χ0) is 24.5. The van der Waals surface area contributed by atoms with Crippen molar-refractivity contribution in [1.82, 2.24) is 24.6 Å². The number of carbonyl (C=O) groups is 2. The Morgan fingerprint density at radius 3 is 2.57 bits per heavy atom. The van der Waals surface area contributed by atoms with Gasteiger partial charge in [-0.05, 0) is 63.1 Å². The Morgan fingerprint density at radius 1 is 1.09 bits per heavy atom. The molecule has 5 rings (SSSR count). The lowest BCUT2D eigenvalue weighted by Crippen LogP contribution is -2.42. The van der Waals surface area contributed by atoms with Crippen molar-refractivity contribution in [2.45, 2.75) is 33.7 Å². The molecule has 2 aromatic carbocycles. The molecule has 9 nitrogen and oxygen atoms in total. The molecular weight excluding hydrogens is 444 g/mol. The number of hydrogen-bond donors (Lipinski definition) is 1. The smallest absolute Gasteiger partial charge is 0.257 e. The Kier molecular flexibility index (Phi) is 5.90. The van der Waals surface area contributed by atoms with Crippen LogP contribution in [0.15, 0.2) is 48.9 Å². The fourth-order valence-corrected chi connectivity index (χ4v) is 3.93. The normalized spacial score (nSPS) is 12.9. The maximum Gasteiger partial charge on any atom is 0.257 e. The second-order valence-electron chi connectivity index (χ2n) is 8.62. The van der Waals surface area contributed by atoms with Crippen molar-refractivity contribution in [3.63, 3.8) is 0 Å². The van der Waals surface area contributed by atoms with Crippen LogP contribution in [0, 0.1) is 13.8 Å². The van der Waals surface area contributed by atoms with Gasteiger partial charge in [-0.15, -0.1) is 0 Å². The number of ether oxygens (including phenoxy) is 1. The minimum absolute atomic E-state index is 0.0438. The molecule has 1 saturated heterocycles. The average Bonchev–Trinajstić information content (AvgIpc) is 3.23. The van der Waals surface area contributed by atoms with Crippen LogP contribution in [0.5, 0.6) is 11.5 Å². The topological polar surface area (TPSA) is 102 Å². The largest absolute Gasteiger partial charge is 0.455 e. The molecule has 0 atom stereocenters. The maximum atomic E-state index is 13.0. The molecule has 2 aromatic heterocycles. The summed E-state index contributed by atoms with van der Waals surface area (Å²) in [5.74, 6) is 1.10. The Hall–Kier alpha value is -4.27. The molecule has 35 heavy (non-hydrogen) atoms. The summed E-state index contributed by atoms with van der Waals surface area (Å²) in [6, 6.07) is 8.85. The lowest BCUT2D eigenvalue weighted by atomic mass is 10.1. The van der Waals surface area contributed by atoms with Gasteiger partial charge in [0.15, 0.2) is 11.6 Å². The maximum absolute atomic E-state index is 13.0. The first-order chi connectivity index (χ1) is 16.9. The highest BCUT2D eigenvalue weighted by Crippen LogP contribution is 2.32. The van der Waals surface area contributed by atoms with Gasteiger partial charge in [-0.3, -0.25) is 19.3 Å². The molecule has 0 saturated carbocycles. The number of nitrogens with one attached hydrogen (secondary N) is 1. The van der Waals surface area contributed by atoms with Gasteiger partial charge in [0.05, 0.1) is 18.1 Å². The standard InChI is InChI=1S/C26H26N6O3/c1-4-32-15-19-11-18(25(33)29-23-14-27-17(3)13-28-23)12-22(24(19)30-32)35-20-6-7-21(16(2)10-20)26(34)31-8-5-9-31/h6-7,10-15H,4-5,8-9H2,1-3H3,(H,28,29,33). The van der Waals surface area contributed by atoms with E-state index in [0.29, 0.717) is 40.5 Å². The van der Waals surface area contributed by atoms with Crippen LogP contribution >= 0.6 is 0 Å². The number of rotatable bonds is 6. The zero-order valence-electron chi connectivity index (χ0n) is 19.9. The molecule has 3 heterocycles. The number of hydrogen-bond acceptors (Lipinski definition) is 6. The van der Waals surface area contributed by atoms with E-state index in [2.05, 4.69) is 20.4 Å². The van der Waals surface area contributed by atoms with Crippen molar-refractivity contribution >= 4 is 28.5 Å². The number of likely N-dealkylation sites (tertiary alicyclic amines) is 1. The minimum atomic E-state index is -0.328. The van der Waals surface area contributed by atoms with Gasteiger partial charge in [-0.1, -0.05) is 0 Å². The number of fused-ring (bicyclic) bond motifs is 1. The summed E-state index contributed by atoms with van der Waals surface area (Å²) in [6.07, 6.45) is 6.04. The van der Waals surface area contributed by atoms with E-state index in [0.717, 1.165) is 36.2 Å². The van der Waals surface area contributed by atoms with Gasteiger partial charge in [0.2, 0.25) is 0 Å². The summed E-state index contributed by atoms with van der Waals surface area (Å²) in [4.78, 5) is 35.8. The monoisotopic (exact) mass is 470 g/mol. The Bertz CT molecular complexity index is 1420. The number of aryl methyl sites for hydroxylation is 3. The lowest BCUT2D eigenvalue weighted by molar-refractivity contribution is 0.0651. The number of amides is 2. The number of aromatic nitrogens is 4. The quantitative estimate of drug-likeness (QED) is 0.449. The Labute approximate surface area is 202 Å². The van der Waals surface area contributed by atoms with Crippen LogP contribution in [0.3, 0.4) is 0 Å². The SMILES string of the molecule is CCn1cc2cc(C(=O)Nc3cnc(C)cn3)cc(Oc3ccc(C(=O)N4CCC4)c(C)c3)c2n1. The van der Waals surface area contributed by atoms with Crippen LogP contribution in [0.1, 0.15) is 45.3 Å². The van der Waals surface area contributed by atoms with Crippen LogP contribution in [0.25, 0.3) is 10.9 Å². The molecule has 2 amide bonds. The summed E-state index contributed by atoms with van der Waals surface area (Å²) >= 11 is 0. The van der Waals surface area contributed by atoms with Crippen LogP contribution in [0.2, 0.25) is 0 Å². The molecule has 0 radical (unpaired) electrons. The third-order valence-electron chi connectivity index (χ3n) is 6.03. The summed E-state index contributed by atoms with van der Waals surface area (Å²) in [7, 11) is 0. The summed E-state index contributed by atoms with van der Waals surface area (Å²) < 4.78 is 8.01. The Balaban J connectivity index is 1.46. The van der Waals surface area contributed by atoms with E-state index in [9.17, 15) is 9.59 Å². The van der Waals surface area contributed by atoms with E-state index in [4.69, 9.17) is 4.74 Å². The summed E-state index contributed by atoms with van der Waals surface area (Å²) in [5.41, 5.74) is 3.33. The highest BCUT2D eigenvalue weighted by Gasteiger charge is 2.23. The fraction of sp³-hybridized carbons (Fsp3) is 0.269. The predicted octanol–water partition coefficient (Wildman–Crippen LogP) is 4.35. The highest BCUT2D eigenvalue weighted by molar-refractivity contribution is 6.06.